The summed E-state index contributed by atoms with van der Waals surface area (Å²) in [5.41, 5.74) is 7.84. The van der Waals surface area contributed by atoms with E-state index in [1.165, 1.54) is 19.2 Å². The normalized spacial score (nSPS) is 11.3. The van der Waals surface area contributed by atoms with E-state index in [1.54, 1.807) is 18.2 Å². The summed E-state index contributed by atoms with van der Waals surface area (Å²) in [7, 11) is 1.29. The fraction of sp³-hybridized carbons (Fsp3) is 0.0952. The van der Waals surface area contributed by atoms with E-state index in [2.05, 4.69) is 25.8 Å². The van der Waals surface area contributed by atoms with Crippen LogP contribution < -0.4 is 21.2 Å². The van der Waals surface area contributed by atoms with Gasteiger partial charge in [-0.25, -0.2) is 9.97 Å². The molecule has 9 nitrogen and oxygen atoms in total. The number of nitrogens with zero attached hydrogens (tertiary/aromatic N) is 3. The first-order valence-electron chi connectivity index (χ1n) is 9.41. The number of rotatable bonds is 7. The Kier molecular flexibility index (Phi) is 7.31. The molecule has 0 spiro atoms. The van der Waals surface area contributed by atoms with Crippen LogP contribution in [0, 0.1) is 5.41 Å². The van der Waals surface area contributed by atoms with E-state index < -0.39 is 23.5 Å². The molecule has 0 unspecified atom stereocenters. The molecule has 5 N–H and O–H groups in total. The molecule has 0 aliphatic rings. The van der Waals surface area contributed by atoms with Crippen molar-refractivity contribution in [2.45, 2.75) is 6.18 Å². The van der Waals surface area contributed by atoms with Crippen LogP contribution in [0.2, 0.25) is 5.02 Å². The molecule has 176 valence electrons. The number of nitrogen functional groups attached to an aromatic ring is 1. The minimum atomic E-state index is -4.78. The number of hydrogen-bond donors (Lipinski definition) is 4. The van der Waals surface area contributed by atoms with Gasteiger partial charge in [0.2, 0.25) is 5.88 Å². The lowest BCUT2D eigenvalue weighted by molar-refractivity contribution is -0.137. The molecule has 0 fully saturated rings. The molecule has 1 amide bonds. The zero-order valence-electron chi connectivity index (χ0n) is 17.4. The summed E-state index contributed by atoms with van der Waals surface area (Å²) < 4.78 is 45.5. The van der Waals surface area contributed by atoms with Crippen LogP contribution in [0.3, 0.4) is 0 Å². The molecule has 3 rings (SSSR count). The highest BCUT2D eigenvalue weighted by Gasteiger charge is 2.35. The van der Waals surface area contributed by atoms with Gasteiger partial charge in [0.05, 0.1) is 35.9 Å². The predicted molar refractivity (Wildman–Crippen MR) is 124 cm³/mol. The third-order valence-electron chi connectivity index (χ3n) is 4.34. The van der Waals surface area contributed by atoms with Crippen molar-refractivity contribution >= 4 is 47.1 Å². The van der Waals surface area contributed by atoms with Gasteiger partial charge in [-0.1, -0.05) is 11.6 Å². The monoisotopic (exact) mass is 491 g/mol. The second-order valence-electron chi connectivity index (χ2n) is 6.62. The summed E-state index contributed by atoms with van der Waals surface area (Å²) in [6.45, 7) is 0. The van der Waals surface area contributed by atoms with Gasteiger partial charge in [0, 0.05) is 17.5 Å². The summed E-state index contributed by atoms with van der Waals surface area (Å²) >= 11 is 6.20. The van der Waals surface area contributed by atoms with E-state index >= 15 is 0 Å². The number of ether oxygens (including phenoxy) is 1. The van der Waals surface area contributed by atoms with Gasteiger partial charge in [0.1, 0.15) is 11.1 Å². The summed E-state index contributed by atoms with van der Waals surface area (Å²) in [5, 5.41) is 13.0. The summed E-state index contributed by atoms with van der Waals surface area (Å²) in [4.78, 5) is 20.7. The summed E-state index contributed by atoms with van der Waals surface area (Å²) in [5.74, 6) is -1.44. The van der Waals surface area contributed by atoms with Crippen LogP contribution in [0.25, 0.3) is 11.3 Å². The molecule has 3 aromatic rings. The highest BCUT2D eigenvalue weighted by atomic mass is 35.5. The van der Waals surface area contributed by atoms with Gasteiger partial charge in [-0.05, 0) is 36.4 Å². The maximum atomic E-state index is 13.4. The summed E-state index contributed by atoms with van der Waals surface area (Å²) in [6.07, 6.45) is -2.04. The van der Waals surface area contributed by atoms with Crippen LogP contribution in [-0.2, 0) is 6.18 Å². The zero-order chi connectivity index (χ0) is 24.9. The van der Waals surface area contributed by atoms with Crippen LogP contribution in [0.4, 0.5) is 30.4 Å². The van der Waals surface area contributed by atoms with Crippen molar-refractivity contribution in [1.82, 2.24) is 9.97 Å². The number of halogens is 4. The van der Waals surface area contributed by atoms with Crippen molar-refractivity contribution in [2.75, 3.05) is 23.6 Å². The number of nitrogens with two attached hydrogens (primary N) is 1. The number of carbonyl (C=O) groups is 1. The van der Waals surface area contributed by atoms with Crippen LogP contribution in [-0.4, -0.2) is 35.4 Å². The van der Waals surface area contributed by atoms with E-state index in [0.717, 1.165) is 18.6 Å². The van der Waals surface area contributed by atoms with Crippen molar-refractivity contribution in [3.8, 4) is 17.1 Å². The average molecular weight is 492 g/mol. The molecule has 0 aliphatic heterocycles. The Bertz CT molecular complexity index is 1270. The third kappa shape index (κ3) is 5.59. The van der Waals surface area contributed by atoms with E-state index in [9.17, 15) is 18.0 Å². The van der Waals surface area contributed by atoms with Crippen LogP contribution >= 0.6 is 11.6 Å². The number of amides is 1. The van der Waals surface area contributed by atoms with Crippen molar-refractivity contribution in [2.24, 2.45) is 5.10 Å². The topological polar surface area (TPSA) is 138 Å². The van der Waals surface area contributed by atoms with Crippen molar-refractivity contribution in [3.05, 3.63) is 58.7 Å². The molecule has 13 heteroatoms. The third-order valence-corrected chi connectivity index (χ3v) is 4.66. The number of alkyl halides is 3. The fourth-order valence-corrected chi connectivity index (χ4v) is 3.04. The number of carbonyl (C=O) groups excluding carboxylic acids is 1. The average Bonchev–Trinajstić information content (AvgIpc) is 2.80. The number of nitrogens with one attached hydrogen (secondary N) is 3. The van der Waals surface area contributed by atoms with Gasteiger partial charge in [0.25, 0.3) is 5.91 Å². The highest BCUT2D eigenvalue weighted by Crippen LogP contribution is 2.36. The number of methoxy groups -OCH3 is 1. The second kappa shape index (κ2) is 10.2. The Balaban J connectivity index is 1.91. The van der Waals surface area contributed by atoms with Gasteiger partial charge in [-0.3, -0.25) is 10.2 Å². The first kappa shape index (κ1) is 24.5. The number of hydrogen-bond acceptors (Lipinski definition) is 8. The second-order valence-corrected chi connectivity index (χ2v) is 7.03. The van der Waals surface area contributed by atoms with Crippen LogP contribution in [0.5, 0.6) is 5.88 Å². The number of hydrazone groups is 1. The molecule has 2 aromatic heterocycles. The molecular formula is C21H17ClF3N7O2. The van der Waals surface area contributed by atoms with Crippen molar-refractivity contribution < 1.29 is 22.7 Å². The minimum Gasteiger partial charge on any atom is -0.480 e. The Hall–Kier alpha value is -4.19. The Morgan fingerprint density at radius 3 is 2.71 bits per heavy atom. The van der Waals surface area contributed by atoms with Gasteiger partial charge in [-0.15, -0.1) is 0 Å². The first-order valence-corrected chi connectivity index (χ1v) is 9.79. The number of anilines is 3. The number of benzene rings is 1. The molecule has 0 saturated carbocycles. The van der Waals surface area contributed by atoms with E-state index in [-0.39, 0.29) is 17.1 Å². The van der Waals surface area contributed by atoms with Gasteiger partial charge in [-0.2, -0.15) is 18.3 Å². The molecule has 1 aromatic carbocycles. The minimum absolute atomic E-state index is 0.0300. The van der Waals surface area contributed by atoms with Crippen LogP contribution in [0.15, 0.2) is 47.7 Å². The lowest BCUT2D eigenvalue weighted by Crippen LogP contribution is -2.16. The quantitative estimate of drug-likeness (QED) is 0.214. The molecule has 0 radical (unpaired) electrons. The molecule has 0 bridgehead atoms. The molecule has 2 heterocycles. The van der Waals surface area contributed by atoms with Gasteiger partial charge in [0.15, 0.2) is 5.82 Å². The highest BCUT2D eigenvalue weighted by molar-refractivity contribution is 6.33. The Labute approximate surface area is 196 Å². The smallest absolute Gasteiger partial charge is 0.420 e. The Morgan fingerprint density at radius 1 is 1.26 bits per heavy atom. The summed E-state index contributed by atoms with van der Waals surface area (Å²) in [6, 6.07) is 8.43. The van der Waals surface area contributed by atoms with Gasteiger partial charge >= 0.3 is 6.18 Å². The lowest BCUT2D eigenvalue weighted by atomic mass is 10.1. The zero-order valence-corrected chi connectivity index (χ0v) is 18.2. The number of aromatic nitrogens is 2. The van der Waals surface area contributed by atoms with Crippen molar-refractivity contribution in [1.29, 1.82) is 5.41 Å². The fourth-order valence-electron chi connectivity index (χ4n) is 2.83. The molecule has 0 aliphatic carbocycles. The van der Waals surface area contributed by atoms with E-state index in [0.29, 0.717) is 28.0 Å². The standard InChI is InChI=1S/C21H17ClF3N7O2/c1-34-20-13(3-5-17(31-20)14-8-11(27)2-4-16(14)22)19(33)30-12-9-15(21(23,24)25)18(28-10-12)32-29-7-6-26/h2-10,26H,27H2,1H3,(H,28,32)(H,30,33)/b26-6?,29-7-. The van der Waals surface area contributed by atoms with E-state index in [4.69, 9.17) is 27.5 Å². The SMILES string of the molecule is COc1nc(-c2cc(N)ccc2Cl)ccc1C(=O)Nc1cnc(N/N=C\C=N)c(C(F)(F)F)c1. The molecule has 0 atom stereocenters. The maximum Gasteiger partial charge on any atom is 0.420 e. The molecule has 0 saturated heterocycles. The van der Waals surface area contributed by atoms with Crippen LogP contribution in [0.1, 0.15) is 15.9 Å². The number of pyridine rings is 2. The largest absolute Gasteiger partial charge is 0.480 e. The Morgan fingerprint density at radius 2 is 2.03 bits per heavy atom. The predicted octanol–water partition coefficient (Wildman–Crippen LogP) is 4.71. The lowest BCUT2D eigenvalue weighted by Gasteiger charge is -2.14. The molecule has 34 heavy (non-hydrogen) atoms. The van der Waals surface area contributed by atoms with Gasteiger partial charge < -0.3 is 21.2 Å². The molecular weight excluding hydrogens is 475 g/mol. The maximum absolute atomic E-state index is 13.4. The van der Waals surface area contributed by atoms with Crippen molar-refractivity contribution in [3.63, 3.8) is 0 Å². The van der Waals surface area contributed by atoms with E-state index in [1.807, 2.05) is 0 Å². The first-order chi connectivity index (χ1) is 16.1.